The number of aromatic hydroxyl groups is 10. The van der Waals surface area contributed by atoms with E-state index in [1.807, 2.05) is 0 Å². The van der Waals surface area contributed by atoms with Crippen molar-refractivity contribution in [3.8, 4) is 69.0 Å². The van der Waals surface area contributed by atoms with Crippen LogP contribution >= 0.6 is 0 Å². The van der Waals surface area contributed by atoms with Crippen molar-refractivity contribution in [2.45, 2.75) is 47.7 Å². The fraction of sp³-hybridized carbons (Fsp3) is 0.143. The van der Waals surface area contributed by atoms with Gasteiger partial charge in [0.15, 0.2) is 0 Å². The van der Waals surface area contributed by atoms with Crippen molar-refractivity contribution in [3.05, 3.63) is 212 Å². The van der Waals surface area contributed by atoms with Crippen LogP contribution in [-0.4, -0.2) is 51.1 Å². The summed E-state index contributed by atoms with van der Waals surface area (Å²) in [6, 6.07) is 38.4. The van der Waals surface area contributed by atoms with Crippen LogP contribution in [0.1, 0.15) is 114 Å². The van der Waals surface area contributed by atoms with Gasteiger partial charge in [0.2, 0.25) is 0 Å². The molecule has 8 atom stereocenters. The van der Waals surface area contributed by atoms with Gasteiger partial charge in [-0.3, -0.25) is 0 Å². The van der Waals surface area contributed by atoms with Gasteiger partial charge in [0.25, 0.3) is 0 Å². The molecule has 0 radical (unpaired) electrons. The molecular weight excluding hydrogens is 865 g/mol. The Bertz CT molecular complexity index is 3110. The van der Waals surface area contributed by atoms with Crippen molar-refractivity contribution < 1.29 is 60.5 Å². The smallest absolute Gasteiger partial charge is 0.135 e. The highest BCUT2D eigenvalue weighted by molar-refractivity contribution is 5.71. The monoisotopic (exact) mass is 906 g/mol. The van der Waals surface area contributed by atoms with Crippen LogP contribution in [0.4, 0.5) is 0 Å². The van der Waals surface area contributed by atoms with E-state index in [-0.39, 0.29) is 57.5 Å². The number of fused-ring (bicyclic) bond motifs is 4. The third kappa shape index (κ3) is 6.20. The topological polar surface area (TPSA) is 221 Å². The Balaban J connectivity index is 1.25. The van der Waals surface area contributed by atoms with Gasteiger partial charge < -0.3 is 60.5 Å². The molecular formula is C56H42O12. The standard InChI is InChI=1S/C56H42O12/c57-29-9-1-25(2-10-29)45-47-37(17-33(61)21-41(47)65)53-49-39(19-35(63)23-43(49)67-55(53)27-5-13-31(59)14-6-27)51(45)52-40-20-36(64)24-44-50(40)54(56(68-44)28-7-15-32(60)16-8-28)38-18-34(62)22-42(66)48(38)46(52)26-3-11-30(58)12-4-26/h1-24,45-46,51-66H/t45-,46-,51+,52+,53?,54?,55-,56-/m1/s1. The molecule has 2 aliphatic heterocycles. The second-order valence-electron chi connectivity index (χ2n) is 18.2. The third-order valence-corrected chi connectivity index (χ3v) is 14.5. The van der Waals surface area contributed by atoms with E-state index in [0.29, 0.717) is 78.3 Å². The quantitative estimate of drug-likeness (QED) is 0.0780. The molecule has 0 saturated carbocycles. The molecule has 12 heteroatoms. The fourth-order valence-corrected chi connectivity index (χ4v) is 12.0. The van der Waals surface area contributed by atoms with Crippen molar-refractivity contribution in [1.82, 2.24) is 0 Å². The van der Waals surface area contributed by atoms with Crippen LogP contribution in [-0.2, 0) is 0 Å². The lowest BCUT2D eigenvalue weighted by molar-refractivity contribution is 0.221. The molecule has 0 bridgehead atoms. The second-order valence-corrected chi connectivity index (χ2v) is 18.2. The first kappa shape index (κ1) is 40.8. The largest absolute Gasteiger partial charge is 0.508 e. The normalized spacial score (nSPS) is 22.6. The molecule has 10 N–H and O–H groups in total. The lowest BCUT2D eigenvalue weighted by atomic mass is 9.62. The molecule has 2 aliphatic carbocycles. The Hall–Kier alpha value is -8.64. The molecule has 0 amide bonds. The van der Waals surface area contributed by atoms with Gasteiger partial charge in [0, 0.05) is 70.2 Å². The van der Waals surface area contributed by atoms with Gasteiger partial charge in [-0.25, -0.2) is 0 Å². The zero-order valence-corrected chi connectivity index (χ0v) is 35.8. The minimum atomic E-state index is -0.918. The number of hydrogen-bond acceptors (Lipinski definition) is 12. The van der Waals surface area contributed by atoms with Crippen molar-refractivity contribution in [1.29, 1.82) is 0 Å². The van der Waals surface area contributed by atoms with Gasteiger partial charge in [0.1, 0.15) is 81.2 Å². The summed E-state index contributed by atoms with van der Waals surface area (Å²) in [5.41, 5.74) is 6.75. The number of benzene rings is 8. The first-order chi connectivity index (χ1) is 32.8. The molecule has 338 valence electrons. The maximum atomic E-state index is 12.5. The molecule has 12 rings (SSSR count). The number of hydrogen-bond donors (Lipinski definition) is 10. The first-order valence-corrected chi connectivity index (χ1v) is 22.2. The van der Waals surface area contributed by atoms with Gasteiger partial charge in [-0.15, -0.1) is 0 Å². The van der Waals surface area contributed by atoms with Crippen LogP contribution < -0.4 is 9.47 Å². The Kier molecular flexibility index (Phi) is 8.97. The predicted molar refractivity (Wildman–Crippen MR) is 248 cm³/mol. The summed E-state index contributed by atoms with van der Waals surface area (Å²) >= 11 is 0. The molecule has 68 heavy (non-hydrogen) atoms. The lowest BCUT2D eigenvalue weighted by Gasteiger charge is -2.40. The Morgan fingerprint density at radius 2 is 0.559 bits per heavy atom. The molecule has 0 spiro atoms. The first-order valence-electron chi connectivity index (χ1n) is 22.2. The zero-order chi connectivity index (χ0) is 46.9. The zero-order valence-electron chi connectivity index (χ0n) is 35.8. The van der Waals surface area contributed by atoms with Crippen LogP contribution in [0.25, 0.3) is 0 Å². The van der Waals surface area contributed by atoms with Gasteiger partial charge in [0.05, 0.1) is 11.8 Å². The number of phenols is 10. The third-order valence-electron chi connectivity index (χ3n) is 14.5. The molecule has 4 aliphatic rings. The van der Waals surface area contributed by atoms with E-state index in [0.717, 1.165) is 0 Å². The summed E-state index contributed by atoms with van der Waals surface area (Å²) in [5, 5.41) is 114. The van der Waals surface area contributed by atoms with Crippen LogP contribution in [0.5, 0.6) is 69.0 Å². The molecule has 12 nitrogen and oxygen atoms in total. The van der Waals surface area contributed by atoms with Gasteiger partial charge in [-0.05, 0) is 117 Å². The molecule has 2 heterocycles. The maximum Gasteiger partial charge on any atom is 0.135 e. The van der Waals surface area contributed by atoms with Gasteiger partial charge >= 0.3 is 0 Å². The van der Waals surface area contributed by atoms with Crippen molar-refractivity contribution in [3.63, 3.8) is 0 Å². The van der Waals surface area contributed by atoms with Crippen LogP contribution in [0, 0.1) is 0 Å². The Morgan fingerprint density at radius 3 is 0.897 bits per heavy atom. The summed E-state index contributed by atoms with van der Waals surface area (Å²) < 4.78 is 13.7. The summed E-state index contributed by atoms with van der Waals surface area (Å²) in [6.07, 6.45) is -1.62. The van der Waals surface area contributed by atoms with Gasteiger partial charge in [-0.1, -0.05) is 48.5 Å². The van der Waals surface area contributed by atoms with E-state index in [9.17, 15) is 51.1 Å². The van der Waals surface area contributed by atoms with E-state index in [1.165, 1.54) is 24.3 Å². The van der Waals surface area contributed by atoms with Crippen molar-refractivity contribution in [2.75, 3.05) is 0 Å². The minimum Gasteiger partial charge on any atom is -0.508 e. The molecule has 0 aromatic heterocycles. The number of rotatable bonds is 5. The van der Waals surface area contributed by atoms with E-state index in [4.69, 9.17) is 9.47 Å². The van der Waals surface area contributed by atoms with E-state index in [1.54, 1.807) is 121 Å². The Labute approximate surface area is 388 Å². The molecule has 0 saturated heterocycles. The molecule has 2 unspecified atom stereocenters. The van der Waals surface area contributed by atoms with Crippen LogP contribution in [0.15, 0.2) is 146 Å². The SMILES string of the molecule is Oc1ccc([C@@H]2c3c(O)cc(O)cc3C3c4c(cc(O)cc4[C@@H]2[C@H]2c4cc(O)cc5c4C(c4cc(O)cc(O)c4[C@H]2c2ccc(O)cc2)[C@@H](c2ccc(O)cc2)O5)O[C@@H]3c2ccc(O)cc2)cc1. The summed E-state index contributed by atoms with van der Waals surface area (Å²) in [6.45, 7) is 0. The highest BCUT2D eigenvalue weighted by Crippen LogP contribution is 2.69. The van der Waals surface area contributed by atoms with Crippen LogP contribution in [0.2, 0.25) is 0 Å². The van der Waals surface area contributed by atoms with Crippen molar-refractivity contribution >= 4 is 0 Å². The highest BCUT2D eigenvalue weighted by atomic mass is 16.5. The lowest BCUT2D eigenvalue weighted by Crippen LogP contribution is -2.26. The fourth-order valence-electron chi connectivity index (χ4n) is 12.0. The molecule has 8 aromatic carbocycles. The predicted octanol–water partition coefficient (Wildman–Crippen LogP) is 10.4. The summed E-state index contributed by atoms with van der Waals surface area (Å²) in [5.74, 6) is -5.69. The highest BCUT2D eigenvalue weighted by Gasteiger charge is 2.55. The Morgan fingerprint density at radius 1 is 0.265 bits per heavy atom. The average Bonchev–Trinajstić information content (AvgIpc) is 3.81. The van der Waals surface area contributed by atoms with E-state index >= 15 is 0 Å². The van der Waals surface area contributed by atoms with Crippen molar-refractivity contribution in [2.24, 2.45) is 0 Å². The van der Waals surface area contributed by atoms with E-state index in [2.05, 4.69) is 0 Å². The van der Waals surface area contributed by atoms with E-state index < -0.39 is 47.7 Å². The summed E-state index contributed by atoms with van der Waals surface area (Å²) in [7, 11) is 0. The molecule has 8 aromatic rings. The average molecular weight is 907 g/mol. The van der Waals surface area contributed by atoms with Crippen LogP contribution in [0.3, 0.4) is 0 Å². The van der Waals surface area contributed by atoms with Gasteiger partial charge in [-0.2, -0.15) is 0 Å². The number of phenolic OH excluding ortho intramolecular Hbond substituents is 10. The second kappa shape index (κ2) is 14.9. The number of ether oxygens (including phenoxy) is 2. The summed E-state index contributed by atoms with van der Waals surface area (Å²) in [4.78, 5) is 0. The maximum absolute atomic E-state index is 12.5. The molecule has 0 fully saturated rings. The minimum absolute atomic E-state index is 0.0182.